The third-order valence-corrected chi connectivity index (χ3v) is 4.09. The molecule has 134 valence electrons. The van der Waals surface area contributed by atoms with Crippen LogP contribution in [0.2, 0.25) is 0 Å². The summed E-state index contributed by atoms with van der Waals surface area (Å²) in [5.74, 6) is 0.599. The summed E-state index contributed by atoms with van der Waals surface area (Å²) in [6.45, 7) is 4.33. The van der Waals surface area contributed by atoms with Gasteiger partial charge in [-0.3, -0.25) is 4.79 Å². The molecule has 1 amide bonds. The van der Waals surface area contributed by atoms with Crippen molar-refractivity contribution in [3.05, 3.63) is 78.1 Å². The van der Waals surface area contributed by atoms with Crippen LogP contribution in [0.1, 0.15) is 18.1 Å². The van der Waals surface area contributed by atoms with Gasteiger partial charge in [-0.15, -0.1) is 0 Å². The van der Waals surface area contributed by atoms with Gasteiger partial charge in [0.05, 0.1) is 5.69 Å². The van der Waals surface area contributed by atoms with Gasteiger partial charge >= 0.3 is 0 Å². The number of hydrogen-bond acceptors (Lipinski definition) is 3. The predicted octanol–water partition coefficient (Wildman–Crippen LogP) is 3.31. The summed E-state index contributed by atoms with van der Waals surface area (Å²) in [5.41, 5.74) is 3.28. The summed E-state index contributed by atoms with van der Waals surface area (Å²) < 4.78 is 7.51. The van der Waals surface area contributed by atoms with Crippen LogP contribution in [0.3, 0.4) is 0 Å². The first-order chi connectivity index (χ1) is 12.6. The predicted molar refractivity (Wildman–Crippen MR) is 102 cm³/mol. The van der Waals surface area contributed by atoms with E-state index in [1.165, 1.54) is 0 Å². The zero-order chi connectivity index (χ0) is 18.4. The minimum atomic E-state index is -0.529. The number of amides is 1. The zero-order valence-electron chi connectivity index (χ0n) is 15.1. The summed E-state index contributed by atoms with van der Waals surface area (Å²) in [6.07, 6.45) is 3.90. The van der Waals surface area contributed by atoms with Crippen LogP contribution in [0, 0.1) is 6.92 Å². The molecule has 1 unspecified atom stereocenters. The molecule has 0 bridgehead atoms. The molecule has 1 heterocycles. The van der Waals surface area contributed by atoms with Crippen LogP contribution in [-0.2, 0) is 11.2 Å². The van der Waals surface area contributed by atoms with Crippen molar-refractivity contribution in [1.29, 1.82) is 0 Å². The van der Waals surface area contributed by atoms with E-state index in [9.17, 15) is 4.79 Å². The number of benzene rings is 2. The van der Waals surface area contributed by atoms with Crippen molar-refractivity contribution in [3.8, 4) is 11.4 Å². The molecule has 2 aromatic carbocycles. The fourth-order valence-electron chi connectivity index (χ4n) is 2.66. The highest BCUT2D eigenvalue weighted by Crippen LogP contribution is 2.14. The second-order valence-corrected chi connectivity index (χ2v) is 6.23. The highest BCUT2D eigenvalue weighted by atomic mass is 16.5. The number of aromatic nitrogens is 2. The molecule has 3 rings (SSSR count). The highest BCUT2D eigenvalue weighted by Gasteiger charge is 2.14. The molecule has 3 aromatic rings. The van der Waals surface area contributed by atoms with E-state index in [-0.39, 0.29) is 5.91 Å². The molecule has 0 saturated heterocycles. The molecule has 5 heteroatoms. The van der Waals surface area contributed by atoms with E-state index in [4.69, 9.17) is 4.74 Å². The van der Waals surface area contributed by atoms with Crippen molar-refractivity contribution >= 4 is 5.91 Å². The van der Waals surface area contributed by atoms with Crippen molar-refractivity contribution in [2.45, 2.75) is 26.4 Å². The van der Waals surface area contributed by atoms with E-state index >= 15 is 0 Å². The Morgan fingerprint density at radius 2 is 2.00 bits per heavy atom. The quantitative estimate of drug-likeness (QED) is 0.712. The summed E-state index contributed by atoms with van der Waals surface area (Å²) in [6, 6.07) is 17.7. The Balaban J connectivity index is 1.46. The van der Waals surface area contributed by atoms with Gasteiger partial charge in [0.25, 0.3) is 5.91 Å². The topological polar surface area (TPSA) is 56.1 Å². The molecular formula is C21H23N3O2. The Bertz CT molecular complexity index is 842. The van der Waals surface area contributed by atoms with Crippen LogP contribution in [0.15, 0.2) is 67.0 Å². The average Bonchev–Trinajstić information content (AvgIpc) is 3.17. The van der Waals surface area contributed by atoms with Gasteiger partial charge in [0, 0.05) is 18.9 Å². The van der Waals surface area contributed by atoms with Gasteiger partial charge in [0.2, 0.25) is 0 Å². The van der Waals surface area contributed by atoms with Crippen LogP contribution >= 0.6 is 0 Å². The SMILES string of the molecule is Cc1cccc(OC(C)C(=O)NCCc2ccc(-n3cccn3)cc2)c1. The first-order valence-electron chi connectivity index (χ1n) is 8.72. The molecule has 0 fully saturated rings. The maximum Gasteiger partial charge on any atom is 0.260 e. The van der Waals surface area contributed by atoms with Gasteiger partial charge < -0.3 is 10.1 Å². The number of ether oxygens (including phenoxy) is 1. The lowest BCUT2D eigenvalue weighted by Gasteiger charge is -2.15. The van der Waals surface area contributed by atoms with Gasteiger partial charge in [-0.2, -0.15) is 5.10 Å². The molecule has 0 radical (unpaired) electrons. The minimum Gasteiger partial charge on any atom is -0.481 e. The minimum absolute atomic E-state index is 0.111. The number of hydrogen-bond donors (Lipinski definition) is 1. The fourth-order valence-corrected chi connectivity index (χ4v) is 2.66. The van der Waals surface area contributed by atoms with E-state index in [0.29, 0.717) is 12.3 Å². The van der Waals surface area contributed by atoms with Crippen molar-refractivity contribution in [2.24, 2.45) is 0 Å². The fraction of sp³-hybridized carbons (Fsp3) is 0.238. The lowest BCUT2D eigenvalue weighted by atomic mass is 10.1. The summed E-state index contributed by atoms with van der Waals surface area (Å²) in [7, 11) is 0. The second-order valence-electron chi connectivity index (χ2n) is 6.23. The molecular weight excluding hydrogens is 326 g/mol. The van der Waals surface area contributed by atoms with Crippen LogP contribution in [0.4, 0.5) is 0 Å². The summed E-state index contributed by atoms with van der Waals surface area (Å²) in [4.78, 5) is 12.2. The monoisotopic (exact) mass is 349 g/mol. The Kier molecular flexibility index (Phi) is 5.69. The lowest BCUT2D eigenvalue weighted by Crippen LogP contribution is -2.37. The van der Waals surface area contributed by atoms with Crippen LogP contribution in [0.25, 0.3) is 5.69 Å². The van der Waals surface area contributed by atoms with Crippen molar-refractivity contribution in [2.75, 3.05) is 6.54 Å². The zero-order valence-corrected chi connectivity index (χ0v) is 15.1. The number of aryl methyl sites for hydroxylation is 1. The summed E-state index contributed by atoms with van der Waals surface area (Å²) in [5, 5.41) is 7.13. The first-order valence-corrected chi connectivity index (χ1v) is 8.72. The van der Waals surface area contributed by atoms with E-state index in [0.717, 1.165) is 23.2 Å². The molecule has 0 saturated carbocycles. The number of nitrogens with one attached hydrogen (secondary N) is 1. The largest absolute Gasteiger partial charge is 0.481 e. The highest BCUT2D eigenvalue weighted by molar-refractivity contribution is 5.80. The Hall–Kier alpha value is -3.08. The number of nitrogens with zero attached hydrogens (tertiary/aromatic N) is 2. The van der Waals surface area contributed by atoms with Crippen molar-refractivity contribution in [1.82, 2.24) is 15.1 Å². The molecule has 0 spiro atoms. The van der Waals surface area contributed by atoms with Gasteiger partial charge in [-0.05, 0) is 61.7 Å². The van der Waals surface area contributed by atoms with Crippen molar-refractivity contribution < 1.29 is 9.53 Å². The second kappa shape index (κ2) is 8.34. The smallest absolute Gasteiger partial charge is 0.260 e. The third kappa shape index (κ3) is 4.72. The molecule has 0 aliphatic rings. The Morgan fingerprint density at radius 1 is 1.19 bits per heavy atom. The van der Waals surface area contributed by atoms with Crippen molar-refractivity contribution in [3.63, 3.8) is 0 Å². The molecule has 1 N–H and O–H groups in total. The van der Waals surface area contributed by atoms with Gasteiger partial charge in [0.15, 0.2) is 6.10 Å². The maximum absolute atomic E-state index is 12.2. The molecule has 5 nitrogen and oxygen atoms in total. The summed E-state index contributed by atoms with van der Waals surface area (Å²) >= 11 is 0. The van der Waals surface area contributed by atoms with Crippen LogP contribution in [0.5, 0.6) is 5.75 Å². The molecule has 0 aliphatic carbocycles. The van der Waals surface area contributed by atoms with Crippen LogP contribution in [-0.4, -0.2) is 28.3 Å². The Labute approximate surface area is 153 Å². The van der Waals surface area contributed by atoms with Gasteiger partial charge in [-0.25, -0.2) is 4.68 Å². The third-order valence-electron chi connectivity index (χ3n) is 4.09. The normalized spacial score (nSPS) is 11.8. The molecule has 26 heavy (non-hydrogen) atoms. The van der Waals surface area contributed by atoms with Gasteiger partial charge in [0.1, 0.15) is 5.75 Å². The average molecular weight is 349 g/mol. The molecule has 1 atom stereocenters. The molecule has 1 aromatic heterocycles. The van der Waals surface area contributed by atoms with Gasteiger partial charge in [-0.1, -0.05) is 24.3 Å². The van der Waals surface area contributed by atoms with Crippen LogP contribution < -0.4 is 10.1 Å². The van der Waals surface area contributed by atoms with E-state index in [1.807, 2.05) is 60.3 Å². The number of carbonyl (C=O) groups is 1. The standard InChI is InChI=1S/C21H23N3O2/c1-16-5-3-6-20(15-16)26-17(2)21(25)22-13-11-18-7-9-19(10-8-18)24-14-4-12-23-24/h3-10,12,14-15,17H,11,13H2,1-2H3,(H,22,25). The number of rotatable bonds is 7. The number of carbonyl (C=O) groups excluding carboxylic acids is 1. The molecule has 0 aliphatic heterocycles. The van der Waals surface area contributed by atoms with E-state index in [1.54, 1.807) is 13.1 Å². The van der Waals surface area contributed by atoms with E-state index in [2.05, 4.69) is 22.5 Å². The van der Waals surface area contributed by atoms with E-state index < -0.39 is 6.10 Å². The lowest BCUT2D eigenvalue weighted by molar-refractivity contribution is -0.127. The maximum atomic E-state index is 12.2. The first kappa shape index (κ1) is 17.7. The Morgan fingerprint density at radius 3 is 2.69 bits per heavy atom.